The summed E-state index contributed by atoms with van der Waals surface area (Å²) >= 11 is 1.85. The molecule has 5 heteroatoms. The van der Waals surface area contributed by atoms with Gasteiger partial charge in [0.05, 0.1) is 0 Å². The second kappa shape index (κ2) is 20.7. The summed E-state index contributed by atoms with van der Waals surface area (Å²) in [6.07, 6.45) is 5.50. The standard InChI is InChI=1S/C70H44N3S.Ir/c1-46-23-36-69-65(40-46)63-35-32-51(45-70(63)74-69)64-44-52(68-22-10-13-39-73-68)33-34-62(64)61-19-7-6-18-60(61)55-42-53(58-16-4-2-14-56(58)47-24-28-49(29-25-47)66-20-8-11-37-71-66)41-54(43-55)59-17-5-3-15-57(59)48-26-30-50(31-27-48)67-21-9-12-38-72-67;/h2-28,30,32,34-45H,1H3;/q-3;+3. The van der Waals surface area contributed by atoms with Gasteiger partial charge in [-0.15, -0.1) is 94.8 Å². The maximum atomic E-state index is 4.77. The molecule has 0 atom stereocenters. The smallest absolute Gasteiger partial charge is 0.305 e. The molecule has 3 nitrogen and oxygen atoms in total. The first-order valence-electron chi connectivity index (χ1n) is 24.8. The van der Waals surface area contributed by atoms with Crippen molar-refractivity contribution in [1.29, 1.82) is 0 Å². The van der Waals surface area contributed by atoms with Crippen LogP contribution in [0, 0.1) is 25.1 Å². The molecular weight excluding hydrogens is 1110 g/mol. The Morgan fingerprint density at radius 2 is 0.760 bits per heavy atom. The summed E-state index contributed by atoms with van der Waals surface area (Å²) < 4.78 is 2.55. The summed E-state index contributed by atoms with van der Waals surface area (Å²) in [5.41, 5.74) is 22.3. The molecule has 0 saturated heterocycles. The molecule has 0 saturated carbocycles. The van der Waals surface area contributed by atoms with E-state index in [1.807, 2.05) is 78.5 Å². The topological polar surface area (TPSA) is 38.7 Å². The van der Waals surface area contributed by atoms with Crippen LogP contribution < -0.4 is 0 Å². The first-order valence-corrected chi connectivity index (χ1v) is 25.6. The van der Waals surface area contributed by atoms with Gasteiger partial charge in [-0.1, -0.05) is 172 Å². The van der Waals surface area contributed by atoms with E-state index in [4.69, 9.17) is 4.98 Å². The second-order valence-electron chi connectivity index (χ2n) is 18.5. The van der Waals surface area contributed by atoms with Crippen molar-refractivity contribution < 1.29 is 20.1 Å². The van der Waals surface area contributed by atoms with Gasteiger partial charge in [0.25, 0.3) is 0 Å². The molecule has 354 valence electrons. The van der Waals surface area contributed by atoms with E-state index in [2.05, 4.69) is 217 Å². The molecule has 0 unspecified atom stereocenters. The van der Waals surface area contributed by atoms with Crippen LogP contribution in [0.3, 0.4) is 0 Å². The van der Waals surface area contributed by atoms with Crippen molar-refractivity contribution in [3.8, 4) is 112 Å². The normalized spacial score (nSPS) is 11.2. The fourth-order valence-corrected chi connectivity index (χ4v) is 11.4. The Kier molecular flexibility index (Phi) is 13.0. The zero-order chi connectivity index (χ0) is 49.4. The molecular formula is C70H44IrN3S. The van der Waals surface area contributed by atoms with Gasteiger partial charge in [0.2, 0.25) is 0 Å². The van der Waals surface area contributed by atoms with Gasteiger partial charge in [0, 0.05) is 38.8 Å². The maximum Gasteiger partial charge on any atom is 3.00 e. The van der Waals surface area contributed by atoms with Gasteiger partial charge in [-0.25, -0.2) is 0 Å². The number of benzene rings is 9. The van der Waals surface area contributed by atoms with Gasteiger partial charge in [-0.05, 0) is 118 Å². The van der Waals surface area contributed by atoms with Gasteiger partial charge >= 0.3 is 20.1 Å². The van der Waals surface area contributed by atoms with Gasteiger partial charge in [-0.3, -0.25) is 0 Å². The molecule has 0 aliphatic rings. The van der Waals surface area contributed by atoms with Crippen molar-refractivity contribution in [3.05, 3.63) is 273 Å². The van der Waals surface area contributed by atoms with Crippen molar-refractivity contribution in [2.75, 3.05) is 0 Å². The molecule has 0 fully saturated rings. The van der Waals surface area contributed by atoms with Crippen molar-refractivity contribution in [2.24, 2.45) is 0 Å². The van der Waals surface area contributed by atoms with Crippen LogP contribution in [0.2, 0.25) is 0 Å². The summed E-state index contributed by atoms with van der Waals surface area (Å²) in [5.74, 6) is 0. The van der Waals surface area contributed by atoms with Crippen LogP contribution in [0.25, 0.3) is 132 Å². The van der Waals surface area contributed by atoms with E-state index < -0.39 is 0 Å². The van der Waals surface area contributed by atoms with Crippen LogP contribution in [0.15, 0.2) is 249 Å². The van der Waals surface area contributed by atoms with Crippen molar-refractivity contribution >= 4 is 31.5 Å². The fourth-order valence-electron chi connectivity index (χ4n) is 10.3. The van der Waals surface area contributed by atoms with Crippen LogP contribution in [-0.2, 0) is 20.1 Å². The molecule has 13 aromatic rings. The largest absolute Gasteiger partial charge is 3.00 e. The maximum absolute atomic E-state index is 4.77. The number of nitrogens with zero attached hydrogens (tertiary/aromatic N) is 3. The van der Waals surface area contributed by atoms with Gasteiger partial charge in [0.15, 0.2) is 0 Å². The minimum Gasteiger partial charge on any atom is -0.305 e. The number of aromatic nitrogens is 3. The Hall–Kier alpha value is -8.70. The van der Waals surface area contributed by atoms with Gasteiger partial charge < -0.3 is 15.0 Å². The first kappa shape index (κ1) is 47.3. The first-order chi connectivity index (χ1) is 36.6. The predicted molar refractivity (Wildman–Crippen MR) is 308 cm³/mol. The molecule has 0 aliphatic heterocycles. The van der Waals surface area contributed by atoms with Crippen LogP contribution in [0.5, 0.6) is 0 Å². The van der Waals surface area contributed by atoms with Crippen LogP contribution in [0.1, 0.15) is 5.56 Å². The second-order valence-corrected chi connectivity index (χ2v) is 19.6. The predicted octanol–water partition coefficient (Wildman–Crippen LogP) is 18.6. The molecule has 0 aliphatic carbocycles. The van der Waals surface area contributed by atoms with E-state index in [-0.39, 0.29) is 20.1 Å². The van der Waals surface area contributed by atoms with E-state index in [1.165, 1.54) is 25.7 Å². The van der Waals surface area contributed by atoms with E-state index in [0.717, 1.165) is 112 Å². The Morgan fingerprint density at radius 3 is 1.25 bits per heavy atom. The Bertz CT molecular complexity index is 4030. The molecule has 13 rings (SSSR count). The summed E-state index contributed by atoms with van der Waals surface area (Å²) in [6.45, 7) is 2.17. The fraction of sp³-hybridized carbons (Fsp3) is 0.0143. The quantitative estimate of drug-likeness (QED) is 0.128. The number of rotatable bonds is 10. The number of pyridine rings is 3. The minimum absolute atomic E-state index is 0. The average molecular weight is 1150 g/mol. The molecule has 4 aromatic heterocycles. The number of hydrogen-bond acceptors (Lipinski definition) is 4. The number of aryl methyl sites for hydroxylation is 1. The molecule has 0 amide bonds. The van der Waals surface area contributed by atoms with Crippen LogP contribution in [0.4, 0.5) is 0 Å². The zero-order valence-electron chi connectivity index (χ0n) is 40.8. The van der Waals surface area contributed by atoms with Crippen molar-refractivity contribution in [1.82, 2.24) is 15.0 Å². The number of fused-ring (bicyclic) bond motifs is 3. The Labute approximate surface area is 455 Å². The third kappa shape index (κ3) is 9.35. The van der Waals surface area contributed by atoms with E-state index in [0.29, 0.717) is 0 Å². The third-order valence-electron chi connectivity index (χ3n) is 13.9. The van der Waals surface area contributed by atoms with Crippen LogP contribution in [-0.4, -0.2) is 15.0 Å². The number of thiophene rings is 1. The van der Waals surface area contributed by atoms with Crippen LogP contribution >= 0.6 is 11.3 Å². The van der Waals surface area contributed by atoms with E-state index in [1.54, 1.807) is 0 Å². The van der Waals surface area contributed by atoms with Crippen molar-refractivity contribution in [2.45, 2.75) is 6.92 Å². The monoisotopic (exact) mass is 1150 g/mol. The molecule has 4 heterocycles. The Balaban J connectivity index is 0.00000569. The average Bonchev–Trinajstić information content (AvgIpc) is 3.85. The summed E-state index contributed by atoms with van der Waals surface area (Å²) in [4.78, 5) is 14.0. The summed E-state index contributed by atoms with van der Waals surface area (Å²) in [5, 5.41) is 2.58. The third-order valence-corrected chi connectivity index (χ3v) is 15.0. The zero-order valence-corrected chi connectivity index (χ0v) is 44.0. The summed E-state index contributed by atoms with van der Waals surface area (Å²) in [6, 6.07) is 93.1. The molecule has 0 bridgehead atoms. The molecule has 0 N–H and O–H groups in total. The molecule has 0 radical (unpaired) electrons. The molecule has 75 heavy (non-hydrogen) atoms. The van der Waals surface area contributed by atoms with E-state index in [9.17, 15) is 0 Å². The molecule has 9 aromatic carbocycles. The van der Waals surface area contributed by atoms with Gasteiger partial charge in [-0.2, -0.15) is 0 Å². The number of hydrogen-bond donors (Lipinski definition) is 0. The van der Waals surface area contributed by atoms with Crippen molar-refractivity contribution in [3.63, 3.8) is 0 Å². The SMILES string of the molecule is Cc1ccc2sc3cc(-c4cc(-c5ccccn5)[c-]cc4-c4ccccc4-c4cc(-c5ccccc5-c5c[c-]c(-c6ccccn6)cc5)cc(-c5ccccc5-c5c[c-]c(-c6ccccn6)cc5)c4)ccc3c2c1.[Ir+3]. The molecule has 0 spiro atoms. The van der Waals surface area contributed by atoms with Gasteiger partial charge in [0.1, 0.15) is 0 Å². The Morgan fingerprint density at radius 1 is 0.307 bits per heavy atom. The summed E-state index contributed by atoms with van der Waals surface area (Å²) in [7, 11) is 0. The van der Waals surface area contributed by atoms with E-state index >= 15 is 0 Å². The minimum atomic E-state index is 0.